The van der Waals surface area contributed by atoms with Crippen molar-refractivity contribution in [1.29, 1.82) is 0 Å². The molecule has 0 spiro atoms. The smallest absolute Gasteiger partial charge is 0.104 e. The molecular formula is C10H17N3. The third kappa shape index (κ3) is 2.10. The lowest BCUT2D eigenvalue weighted by Crippen LogP contribution is -2.42. The summed E-state index contributed by atoms with van der Waals surface area (Å²) in [5.74, 6) is 1.83. The zero-order valence-electron chi connectivity index (χ0n) is 8.09. The molecule has 0 radical (unpaired) electrons. The van der Waals surface area contributed by atoms with E-state index in [-0.39, 0.29) is 0 Å². The lowest BCUT2D eigenvalue weighted by atomic mass is 9.92. The highest BCUT2D eigenvalue weighted by Gasteiger charge is 2.22. The fourth-order valence-electron chi connectivity index (χ4n) is 2.02. The maximum absolute atomic E-state index is 4.48. The van der Waals surface area contributed by atoms with Gasteiger partial charge in [-0.3, -0.25) is 4.99 Å². The molecule has 0 aromatic rings. The first-order chi connectivity index (χ1) is 6.36. The van der Waals surface area contributed by atoms with Crippen LogP contribution in [0.3, 0.4) is 0 Å². The van der Waals surface area contributed by atoms with Crippen LogP contribution in [0, 0.1) is 5.92 Å². The minimum atomic E-state index is 0.633. The van der Waals surface area contributed by atoms with Crippen LogP contribution in [0.4, 0.5) is 0 Å². The lowest BCUT2D eigenvalue weighted by molar-refractivity contribution is 0.373. The molecule has 0 saturated carbocycles. The Balaban J connectivity index is 1.95. The summed E-state index contributed by atoms with van der Waals surface area (Å²) in [7, 11) is 0. The summed E-state index contributed by atoms with van der Waals surface area (Å²) in [6.07, 6.45) is 6.48. The molecule has 1 fully saturated rings. The molecule has 2 atom stereocenters. The van der Waals surface area contributed by atoms with E-state index in [2.05, 4.69) is 22.5 Å². The van der Waals surface area contributed by atoms with Crippen LogP contribution in [-0.4, -0.2) is 25.0 Å². The molecule has 0 amide bonds. The molecule has 3 nitrogen and oxygen atoms in total. The molecule has 2 unspecified atom stereocenters. The minimum Gasteiger partial charge on any atom is -0.350 e. The third-order valence-corrected chi connectivity index (χ3v) is 2.73. The number of aliphatic imine (C=N–C) groups is 1. The van der Waals surface area contributed by atoms with Crippen molar-refractivity contribution in [2.75, 3.05) is 13.1 Å². The van der Waals surface area contributed by atoms with Crippen LogP contribution in [0.1, 0.15) is 19.8 Å². The molecule has 2 N–H and O–H groups in total. The molecule has 1 saturated heterocycles. The van der Waals surface area contributed by atoms with Gasteiger partial charge in [-0.25, -0.2) is 0 Å². The average molecular weight is 179 g/mol. The average Bonchev–Trinajstić information content (AvgIpc) is 2.19. The van der Waals surface area contributed by atoms with Crippen molar-refractivity contribution in [2.24, 2.45) is 10.9 Å². The Bertz CT molecular complexity index is 232. The zero-order valence-corrected chi connectivity index (χ0v) is 8.09. The highest BCUT2D eigenvalue weighted by Crippen LogP contribution is 2.17. The van der Waals surface area contributed by atoms with Crippen molar-refractivity contribution in [2.45, 2.75) is 25.8 Å². The normalized spacial score (nSPS) is 33.8. The molecule has 2 aliphatic heterocycles. The Morgan fingerprint density at radius 1 is 1.54 bits per heavy atom. The number of hydrogen-bond donors (Lipinski definition) is 2. The van der Waals surface area contributed by atoms with E-state index in [1.165, 1.54) is 18.7 Å². The molecule has 72 valence electrons. The highest BCUT2D eigenvalue weighted by molar-refractivity contribution is 5.86. The predicted octanol–water partition coefficient (Wildman–Crippen LogP) is 0.890. The maximum Gasteiger partial charge on any atom is 0.104 e. The summed E-state index contributed by atoms with van der Waals surface area (Å²) in [4.78, 5) is 4.48. The standard InChI is InChI=1S/C10H17N3/c1-8-7-9(3-6-11-8)10-12-4-2-5-13-10/h2,4,8-9,11H,3,5-7H2,1H3,(H,12,13). The van der Waals surface area contributed by atoms with Crippen molar-refractivity contribution >= 4 is 5.84 Å². The first-order valence-electron chi connectivity index (χ1n) is 5.05. The lowest BCUT2D eigenvalue weighted by Gasteiger charge is -2.29. The van der Waals surface area contributed by atoms with Crippen molar-refractivity contribution in [3.05, 3.63) is 12.3 Å². The van der Waals surface area contributed by atoms with E-state index in [1.54, 1.807) is 0 Å². The SMILES string of the molecule is CC1CC(C2=NCC=CN2)CCN1. The first-order valence-corrected chi connectivity index (χ1v) is 5.05. The van der Waals surface area contributed by atoms with Crippen molar-refractivity contribution in [1.82, 2.24) is 10.6 Å². The van der Waals surface area contributed by atoms with Gasteiger partial charge in [0, 0.05) is 12.0 Å². The van der Waals surface area contributed by atoms with E-state index < -0.39 is 0 Å². The maximum atomic E-state index is 4.48. The fourth-order valence-corrected chi connectivity index (χ4v) is 2.02. The van der Waals surface area contributed by atoms with Crippen LogP contribution in [0.25, 0.3) is 0 Å². The Hall–Kier alpha value is -0.830. The molecule has 2 heterocycles. The molecule has 3 heteroatoms. The van der Waals surface area contributed by atoms with Gasteiger partial charge in [0.25, 0.3) is 0 Å². The Kier molecular flexibility index (Phi) is 2.64. The molecule has 2 rings (SSSR count). The van der Waals surface area contributed by atoms with Gasteiger partial charge in [0.2, 0.25) is 0 Å². The number of piperidine rings is 1. The summed E-state index contributed by atoms with van der Waals surface area (Å²) >= 11 is 0. The second-order valence-corrected chi connectivity index (χ2v) is 3.85. The molecule has 0 aliphatic carbocycles. The monoisotopic (exact) mass is 179 g/mol. The van der Waals surface area contributed by atoms with Gasteiger partial charge in [0.1, 0.15) is 5.84 Å². The Labute approximate surface area is 79.3 Å². The number of rotatable bonds is 1. The van der Waals surface area contributed by atoms with Gasteiger partial charge < -0.3 is 10.6 Å². The molecule has 0 bridgehead atoms. The van der Waals surface area contributed by atoms with Crippen LogP contribution in [0.5, 0.6) is 0 Å². The summed E-state index contributed by atoms with van der Waals surface area (Å²) in [5, 5.41) is 6.70. The van der Waals surface area contributed by atoms with Crippen molar-refractivity contribution in [3.63, 3.8) is 0 Å². The number of nitrogens with one attached hydrogen (secondary N) is 2. The quantitative estimate of drug-likeness (QED) is 0.627. The summed E-state index contributed by atoms with van der Waals surface area (Å²) in [6.45, 7) is 4.21. The number of amidine groups is 1. The van der Waals surface area contributed by atoms with Gasteiger partial charge in [0.15, 0.2) is 0 Å². The van der Waals surface area contributed by atoms with Crippen molar-refractivity contribution < 1.29 is 0 Å². The molecule has 13 heavy (non-hydrogen) atoms. The van der Waals surface area contributed by atoms with E-state index in [9.17, 15) is 0 Å². The van der Waals surface area contributed by atoms with E-state index in [0.29, 0.717) is 12.0 Å². The largest absolute Gasteiger partial charge is 0.350 e. The molecule has 0 aromatic heterocycles. The van der Waals surface area contributed by atoms with Crippen LogP contribution < -0.4 is 10.6 Å². The minimum absolute atomic E-state index is 0.633. The highest BCUT2D eigenvalue weighted by atomic mass is 15.0. The number of hydrogen-bond acceptors (Lipinski definition) is 3. The van der Waals surface area contributed by atoms with Gasteiger partial charge in [-0.05, 0) is 38.6 Å². The van der Waals surface area contributed by atoms with E-state index in [0.717, 1.165) is 13.1 Å². The predicted molar refractivity (Wildman–Crippen MR) is 54.8 cm³/mol. The molecular weight excluding hydrogens is 162 g/mol. The Morgan fingerprint density at radius 2 is 2.46 bits per heavy atom. The topological polar surface area (TPSA) is 36.4 Å². The third-order valence-electron chi connectivity index (χ3n) is 2.73. The van der Waals surface area contributed by atoms with Crippen LogP contribution in [-0.2, 0) is 0 Å². The van der Waals surface area contributed by atoms with E-state index >= 15 is 0 Å². The van der Waals surface area contributed by atoms with Crippen LogP contribution in [0.2, 0.25) is 0 Å². The van der Waals surface area contributed by atoms with E-state index in [4.69, 9.17) is 0 Å². The molecule has 0 aromatic carbocycles. The van der Waals surface area contributed by atoms with E-state index in [1.807, 2.05) is 12.3 Å². The number of nitrogens with zero attached hydrogens (tertiary/aromatic N) is 1. The van der Waals surface area contributed by atoms with Gasteiger partial charge in [-0.2, -0.15) is 0 Å². The second-order valence-electron chi connectivity index (χ2n) is 3.85. The fraction of sp³-hybridized carbons (Fsp3) is 0.700. The molecule has 2 aliphatic rings. The van der Waals surface area contributed by atoms with Gasteiger partial charge in [-0.1, -0.05) is 0 Å². The first kappa shape index (κ1) is 8.75. The zero-order chi connectivity index (χ0) is 9.10. The van der Waals surface area contributed by atoms with Crippen LogP contribution >= 0.6 is 0 Å². The summed E-state index contributed by atoms with van der Waals surface area (Å²) in [6, 6.07) is 0.633. The summed E-state index contributed by atoms with van der Waals surface area (Å²) < 4.78 is 0. The van der Waals surface area contributed by atoms with Crippen LogP contribution in [0.15, 0.2) is 17.3 Å². The van der Waals surface area contributed by atoms with Gasteiger partial charge >= 0.3 is 0 Å². The van der Waals surface area contributed by atoms with Gasteiger partial charge in [0.05, 0.1) is 6.54 Å². The van der Waals surface area contributed by atoms with Crippen molar-refractivity contribution in [3.8, 4) is 0 Å². The Morgan fingerprint density at radius 3 is 3.15 bits per heavy atom. The summed E-state index contributed by atoms with van der Waals surface area (Å²) in [5.41, 5.74) is 0. The van der Waals surface area contributed by atoms with Gasteiger partial charge in [-0.15, -0.1) is 0 Å². The second kappa shape index (κ2) is 3.92.